The van der Waals surface area contributed by atoms with Gasteiger partial charge in [-0.1, -0.05) is 13.8 Å². The van der Waals surface area contributed by atoms with E-state index in [1.165, 1.54) is 12.5 Å². The lowest BCUT2D eigenvalue weighted by Gasteiger charge is -2.10. The summed E-state index contributed by atoms with van der Waals surface area (Å²) in [4.78, 5) is 12.0. The van der Waals surface area contributed by atoms with Crippen molar-refractivity contribution in [1.29, 1.82) is 0 Å². The quantitative estimate of drug-likeness (QED) is 0.447. The van der Waals surface area contributed by atoms with Gasteiger partial charge < -0.3 is 4.74 Å². The summed E-state index contributed by atoms with van der Waals surface area (Å²) in [5.41, 5.74) is 1.19. The van der Waals surface area contributed by atoms with Gasteiger partial charge in [0, 0.05) is 11.8 Å². The van der Waals surface area contributed by atoms with Crippen molar-refractivity contribution in [3.05, 3.63) is 23.8 Å². The second-order valence-corrected chi connectivity index (χ2v) is 4.57. The fourth-order valence-corrected chi connectivity index (χ4v) is 1.76. The van der Waals surface area contributed by atoms with E-state index in [2.05, 4.69) is 19.9 Å². The van der Waals surface area contributed by atoms with Gasteiger partial charge >= 0.3 is 5.97 Å². The second kappa shape index (κ2) is 5.21. The minimum atomic E-state index is -0.275. The first-order chi connectivity index (χ1) is 7.02. The highest BCUT2D eigenvalue weighted by Gasteiger charge is 2.06. The summed E-state index contributed by atoms with van der Waals surface area (Å²) in [6.45, 7) is 5.66. The van der Waals surface area contributed by atoms with Crippen LogP contribution < -0.4 is 4.74 Å². The lowest BCUT2D eigenvalue weighted by Crippen LogP contribution is -2.02. The van der Waals surface area contributed by atoms with Crippen molar-refractivity contribution in [2.45, 2.75) is 31.6 Å². The van der Waals surface area contributed by atoms with E-state index in [-0.39, 0.29) is 5.97 Å². The Morgan fingerprint density at radius 3 is 2.47 bits per heavy atom. The number of thioether (sulfide) groups is 1. The van der Waals surface area contributed by atoms with Gasteiger partial charge in [0.25, 0.3) is 0 Å². The van der Waals surface area contributed by atoms with Crippen molar-refractivity contribution in [1.82, 2.24) is 0 Å². The normalized spacial score (nSPS) is 10.5. The van der Waals surface area contributed by atoms with Crippen LogP contribution in [0.4, 0.5) is 0 Å². The molecular formula is C12H16O2S. The van der Waals surface area contributed by atoms with Gasteiger partial charge in [-0.15, -0.1) is 11.8 Å². The van der Waals surface area contributed by atoms with Crippen LogP contribution in [-0.4, -0.2) is 12.2 Å². The molecule has 0 spiro atoms. The van der Waals surface area contributed by atoms with E-state index < -0.39 is 0 Å². The van der Waals surface area contributed by atoms with Gasteiger partial charge in [0.2, 0.25) is 0 Å². The molecule has 0 heterocycles. The highest BCUT2D eigenvalue weighted by molar-refractivity contribution is 7.98. The van der Waals surface area contributed by atoms with Crippen molar-refractivity contribution in [3.8, 4) is 5.75 Å². The molecule has 0 atom stereocenters. The molecule has 0 unspecified atom stereocenters. The summed E-state index contributed by atoms with van der Waals surface area (Å²) in [5.74, 6) is 0.799. The molecule has 2 nitrogen and oxygen atoms in total. The van der Waals surface area contributed by atoms with Crippen LogP contribution in [0.1, 0.15) is 32.3 Å². The molecule has 82 valence electrons. The zero-order valence-corrected chi connectivity index (χ0v) is 10.4. The topological polar surface area (TPSA) is 26.3 Å². The Labute approximate surface area is 95.0 Å². The van der Waals surface area contributed by atoms with E-state index in [1.807, 2.05) is 18.4 Å². The SMILES string of the molecule is CSc1cc(OC(C)=O)cc(C(C)C)c1. The molecule has 1 rings (SSSR count). The van der Waals surface area contributed by atoms with Crippen LogP contribution in [0.3, 0.4) is 0 Å². The third-order valence-corrected chi connectivity index (χ3v) is 2.77. The summed E-state index contributed by atoms with van der Waals surface area (Å²) < 4.78 is 5.10. The monoisotopic (exact) mass is 224 g/mol. The van der Waals surface area contributed by atoms with Crippen molar-refractivity contribution in [2.24, 2.45) is 0 Å². The molecule has 1 aromatic rings. The van der Waals surface area contributed by atoms with Crippen LogP contribution >= 0.6 is 11.8 Å². The first-order valence-electron chi connectivity index (χ1n) is 4.90. The van der Waals surface area contributed by atoms with E-state index in [1.54, 1.807) is 11.8 Å². The molecule has 0 saturated carbocycles. The second-order valence-electron chi connectivity index (χ2n) is 3.69. The molecule has 0 aliphatic rings. The minimum absolute atomic E-state index is 0.275. The predicted molar refractivity (Wildman–Crippen MR) is 63.6 cm³/mol. The first kappa shape index (κ1) is 12.1. The average molecular weight is 224 g/mol. The Hall–Kier alpha value is -0.960. The third-order valence-electron chi connectivity index (χ3n) is 2.07. The van der Waals surface area contributed by atoms with E-state index in [0.29, 0.717) is 11.7 Å². The van der Waals surface area contributed by atoms with Crippen LogP contribution in [0.15, 0.2) is 23.1 Å². The molecule has 0 aliphatic heterocycles. The van der Waals surface area contributed by atoms with Crippen LogP contribution in [0, 0.1) is 0 Å². The number of rotatable bonds is 3. The molecule has 0 N–H and O–H groups in total. The van der Waals surface area contributed by atoms with Crippen molar-refractivity contribution in [3.63, 3.8) is 0 Å². The van der Waals surface area contributed by atoms with Crippen molar-refractivity contribution >= 4 is 17.7 Å². The number of hydrogen-bond acceptors (Lipinski definition) is 3. The summed E-state index contributed by atoms with van der Waals surface area (Å²) in [6, 6.07) is 5.94. The lowest BCUT2D eigenvalue weighted by molar-refractivity contribution is -0.131. The molecule has 0 radical (unpaired) electrons. The van der Waals surface area contributed by atoms with Gasteiger partial charge in [0.05, 0.1) is 0 Å². The Morgan fingerprint density at radius 2 is 2.00 bits per heavy atom. The molecule has 15 heavy (non-hydrogen) atoms. The van der Waals surface area contributed by atoms with Gasteiger partial charge in [-0.3, -0.25) is 4.79 Å². The van der Waals surface area contributed by atoms with E-state index in [9.17, 15) is 4.79 Å². The smallest absolute Gasteiger partial charge is 0.308 e. The van der Waals surface area contributed by atoms with E-state index in [0.717, 1.165) is 4.90 Å². The van der Waals surface area contributed by atoms with E-state index >= 15 is 0 Å². The van der Waals surface area contributed by atoms with E-state index in [4.69, 9.17) is 4.74 Å². The highest BCUT2D eigenvalue weighted by atomic mass is 32.2. The largest absolute Gasteiger partial charge is 0.427 e. The maximum atomic E-state index is 10.9. The molecule has 0 fully saturated rings. The summed E-state index contributed by atoms with van der Waals surface area (Å²) >= 11 is 1.65. The van der Waals surface area contributed by atoms with Gasteiger partial charge in [0.1, 0.15) is 5.75 Å². The van der Waals surface area contributed by atoms with Gasteiger partial charge in [0.15, 0.2) is 0 Å². The number of carbonyl (C=O) groups excluding carboxylic acids is 1. The minimum Gasteiger partial charge on any atom is -0.427 e. The fraction of sp³-hybridized carbons (Fsp3) is 0.417. The fourth-order valence-electron chi connectivity index (χ4n) is 1.27. The lowest BCUT2D eigenvalue weighted by atomic mass is 10.0. The van der Waals surface area contributed by atoms with Crippen LogP contribution in [0.25, 0.3) is 0 Å². The molecular weight excluding hydrogens is 208 g/mol. The standard InChI is InChI=1S/C12H16O2S/c1-8(2)10-5-11(14-9(3)13)7-12(6-10)15-4/h5-8H,1-4H3. The number of esters is 1. The third kappa shape index (κ3) is 3.59. The zero-order chi connectivity index (χ0) is 11.4. The maximum absolute atomic E-state index is 10.9. The van der Waals surface area contributed by atoms with Crippen molar-refractivity contribution < 1.29 is 9.53 Å². The Balaban J connectivity index is 3.05. The Bertz CT molecular complexity index is 359. The molecule has 3 heteroatoms. The number of carbonyl (C=O) groups is 1. The summed E-state index contributed by atoms with van der Waals surface area (Å²) in [7, 11) is 0. The Morgan fingerprint density at radius 1 is 1.33 bits per heavy atom. The number of hydrogen-bond donors (Lipinski definition) is 0. The molecule has 0 aliphatic carbocycles. The summed E-state index contributed by atoms with van der Waals surface area (Å²) in [6.07, 6.45) is 2.01. The zero-order valence-electron chi connectivity index (χ0n) is 9.53. The van der Waals surface area contributed by atoms with Crippen LogP contribution in [-0.2, 0) is 4.79 Å². The number of benzene rings is 1. The predicted octanol–water partition coefficient (Wildman–Crippen LogP) is 3.46. The van der Waals surface area contributed by atoms with Crippen molar-refractivity contribution in [2.75, 3.05) is 6.26 Å². The number of ether oxygens (including phenoxy) is 1. The van der Waals surface area contributed by atoms with Gasteiger partial charge in [-0.25, -0.2) is 0 Å². The van der Waals surface area contributed by atoms with Gasteiger partial charge in [-0.2, -0.15) is 0 Å². The first-order valence-corrected chi connectivity index (χ1v) is 6.12. The Kier molecular flexibility index (Phi) is 4.21. The molecule has 0 aromatic heterocycles. The molecule has 0 bridgehead atoms. The average Bonchev–Trinajstić information content (AvgIpc) is 2.16. The summed E-state index contributed by atoms with van der Waals surface area (Å²) in [5, 5.41) is 0. The highest BCUT2D eigenvalue weighted by Crippen LogP contribution is 2.27. The molecule has 1 aromatic carbocycles. The maximum Gasteiger partial charge on any atom is 0.308 e. The molecule has 0 saturated heterocycles. The van der Waals surface area contributed by atoms with Gasteiger partial charge in [-0.05, 0) is 35.9 Å². The van der Waals surface area contributed by atoms with Crippen LogP contribution in [0.5, 0.6) is 5.75 Å². The molecule has 0 amide bonds. The van der Waals surface area contributed by atoms with Crippen LogP contribution in [0.2, 0.25) is 0 Å².